The van der Waals surface area contributed by atoms with Crippen LogP contribution in [-0.2, 0) is 9.53 Å². The van der Waals surface area contributed by atoms with Crippen molar-refractivity contribution in [3.63, 3.8) is 0 Å². The van der Waals surface area contributed by atoms with Crippen molar-refractivity contribution in [3.8, 4) is 5.75 Å². The lowest BCUT2D eigenvalue weighted by Gasteiger charge is -2.30. The zero-order valence-electron chi connectivity index (χ0n) is 17.4. The number of hydrogen-bond acceptors (Lipinski definition) is 5. The summed E-state index contributed by atoms with van der Waals surface area (Å²) >= 11 is 0. The number of ether oxygens (including phenoxy) is 2. The van der Waals surface area contributed by atoms with Crippen molar-refractivity contribution in [1.29, 1.82) is 0 Å². The van der Waals surface area contributed by atoms with Crippen LogP contribution in [0, 0.1) is 0 Å². The Hall–Kier alpha value is -3.76. The summed E-state index contributed by atoms with van der Waals surface area (Å²) in [4.78, 5) is 31.1. The Morgan fingerprint density at radius 3 is 2.64 bits per heavy atom. The molecular formula is C22H21F3N4O4. The van der Waals surface area contributed by atoms with Gasteiger partial charge in [-0.05, 0) is 42.7 Å². The predicted molar refractivity (Wildman–Crippen MR) is 113 cm³/mol. The van der Waals surface area contributed by atoms with Crippen LogP contribution in [0.1, 0.15) is 36.1 Å². The van der Waals surface area contributed by atoms with Crippen LogP contribution in [0.2, 0.25) is 0 Å². The number of amides is 3. The van der Waals surface area contributed by atoms with Crippen LogP contribution in [0.3, 0.4) is 0 Å². The maximum atomic E-state index is 13.1. The van der Waals surface area contributed by atoms with Crippen LogP contribution in [0.5, 0.6) is 5.75 Å². The van der Waals surface area contributed by atoms with Crippen molar-refractivity contribution in [3.05, 3.63) is 60.5 Å². The maximum absolute atomic E-state index is 13.1. The van der Waals surface area contributed by atoms with Gasteiger partial charge in [0.25, 0.3) is 0 Å². The molecule has 0 saturated heterocycles. The van der Waals surface area contributed by atoms with Gasteiger partial charge in [0.2, 0.25) is 5.91 Å². The molecule has 1 atom stereocenters. The summed E-state index contributed by atoms with van der Waals surface area (Å²) in [5, 5.41) is 5.47. The van der Waals surface area contributed by atoms with E-state index in [0.717, 1.165) is 30.7 Å². The molecule has 1 aromatic carbocycles. The summed E-state index contributed by atoms with van der Waals surface area (Å²) in [6.45, 7) is 3.21. The third-order valence-electron chi connectivity index (χ3n) is 5.16. The minimum absolute atomic E-state index is 0.0306. The lowest BCUT2D eigenvalue weighted by Crippen LogP contribution is -2.49. The molecule has 2 aliphatic rings. The first-order chi connectivity index (χ1) is 15.7. The molecule has 2 heterocycles. The van der Waals surface area contributed by atoms with E-state index in [1.165, 1.54) is 23.3 Å². The Kier molecular flexibility index (Phi) is 6.12. The van der Waals surface area contributed by atoms with E-state index < -0.39 is 18.4 Å². The molecule has 174 valence electrons. The molecule has 1 unspecified atom stereocenters. The second kappa shape index (κ2) is 9.00. The largest absolute Gasteiger partial charge is 0.573 e. The highest BCUT2D eigenvalue weighted by molar-refractivity contribution is 6.08. The van der Waals surface area contributed by atoms with E-state index in [2.05, 4.69) is 26.9 Å². The van der Waals surface area contributed by atoms with Crippen molar-refractivity contribution in [2.75, 3.05) is 23.4 Å². The maximum Gasteiger partial charge on any atom is 0.573 e. The number of urea groups is 1. The second-order valence-corrected chi connectivity index (χ2v) is 7.63. The average molecular weight is 462 g/mol. The molecule has 1 saturated carbocycles. The number of halogens is 3. The van der Waals surface area contributed by atoms with Gasteiger partial charge < -0.3 is 20.1 Å². The highest BCUT2D eigenvalue weighted by Crippen LogP contribution is 2.41. The van der Waals surface area contributed by atoms with Gasteiger partial charge in [-0.1, -0.05) is 18.7 Å². The third-order valence-corrected chi connectivity index (χ3v) is 5.16. The number of aromatic nitrogens is 1. The fraction of sp³-hybridized carbons (Fsp3) is 0.318. The number of nitrogens with one attached hydrogen (secondary N) is 2. The molecule has 0 radical (unpaired) electrons. The smallest absolute Gasteiger partial charge is 0.499 e. The van der Waals surface area contributed by atoms with E-state index in [9.17, 15) is 22.8 Å². The fourth-order valence-corrected chi connectivity index (χ4v) is 3.46. The Labute approximate surface area is 187 Å². The third kappa shape index (κ3) is 5.54. The average Bonchev–Trinajstić information content (AvgIpc) is 3.60. The normalized spacial score (nSPS) is 16.3. The molecule has 4 rings (SSSR count). The van der Waals surface area contributed by atoms with E-state index in [-0.39, 0.29) is 24.8 Å². The van der Waals surface area contributed by atoms with E-state index in [1.807, 2.05) is 6.07 Å². The van der Waals surface area contributed by atoms with Crippen LogP contribution in [0.25, 0.3) is 0 Å². The molecule has 11 heteroatoms. The number of nitrogens with zero attached hydrogens (tertiary/aromatic N) is 2. The lowest BCUT2D eigenvalue weighted by molar-refractivity contribution is -0.274. The zero-order chi connectivity index (χ0) is 23.6. The molecule has 1 aliphatic heterocycles. The molecule has 1 aromatic heterocycles. The van der Waals surface area contributed by atoms with Crippen LogP contribution in [0.4, 0.5) is 29.5 Å². The van der Waals surface area contributed by atoms with Crippen molar-refractivity contribution in [2.45, 2.75) is 31.2 Å². The van der Waals surface area contributed by atoms with Gasteiger partial charge in [0.05, 0.1) is 18.0 Å². The van der Waals surface area contributed by atoms with Gasteiger partial charge >= 0.3 is 12.4 Å². The predicted octanol–water partition coefficient (Wildman–Crippen LogP) is 4.23. The quantitative estimate of drug-likeness (QED) is 0.601. The number of pyridine rings is 1. The number of carbonyl (C=O) groups is 2. The fourth-order valence-electron chi connectivity index (χ4n) is 3.46. The van der Waals surface area contributed by atoms with Crippen LogP contribution < -0.4 is 20.3 Å². The van der Waals surface area contributed by atoms with Gasteiger partial charge in [0, 0.05) is 11.6 Å². The Bertz CT molecular complexity index is 1050. The SMILES string of the molecule is C=COCC(NC(=O)N1CC(=O)Nc2ccc(C3CC3)nc21)c1ccc(OC(F)(F)F)cc1. The zero-order valence-corrected chi connectivity index (χ0v) is 17.4. The molecule has 0 bridgehead atoms. The van der Waals surface area contributed by atoms with Gasteiger partial charge in [0.15, 0.2) is 5.82 Å². The molecule has 2 N–H and O–H groups in total. The van der Waals surface area contributed by atoms with E-state index >= 15 is 0 Å². The van der Waals surface area contributed by atoms with Gasteiger partial charge in [-0.3, -0.25) is 9.69 Å². The Balaban J connectivity index is 1.54. The van der Waals surface area contributed by atoms with Gasteiger partial charge in [0.1, 0.15) is 18.9 Å². The van der Waals surface area contributed by atoms with Crippen molar-refractivity contribution >= 4 is 23.4 Å². The molecule has 1 aliphatic carbocycles. The molecule has 33 heavy (non-hydrogen) atoms. The highest BCUT2D eigenvalue weighted by atomic mass is 19.4. The van der Waals surface area contributed by atoms with Gasteiger partial charge in [-0.25, -0.2) is 9.78 Å². The number of anilines is 2. The molecule has 1 fully saturated rings. The molecular weight excluding hydrogens is 441 g/mol. The van der Waals surface area contributed by atoms with E-state index in [4.69, 9.17) is 4.74 Å². The Morgan fingerprint density at radius 1 is 1.27 bits per heavy atom. The topological polar surface area (TPSA) is 92.8 Å². The van der Waals surface area contributed by atoms with Gasteiger partial charge in [-0.2, -0.15) is 0 Å². The van der Waals surface area contributed by atoms with Gasteiger partial charge in [-0.15, -0.1) is 13.2 Å². The number of carbonyl (C=O) groups excluding carboxylic acids is 2. The van der Waals surface area contributed by atoms with Crippen LogP contribution in [-0.4, -0.2) is 36.4 Å². The lowest BCUT2D eigenvalue weighted by atomic mass is 10.1. The molecule has 3 amide bonds. The van der Waals surface area contributed by atoms with Crippen molar-refractivity contribution in [1.82, 2.24) is 10.3 Å². The molecule has 8 nitrogen and oxygen atoms in total. The first-order valence-corrected chi connectivity index (χ1v) is 10.2. The number of hydrogen-bond donors (Lipinski definition) is 2. The monoisotopic (exact) mass is 462 g/mol. The summed E-state index contributed by atoms with van der Waals surface area (Å²) < 4.78 is 46.4. The summed E-state index contributed by atoms with van der Waals surface area (Å²) in [7, 11) is 0. The number of fused-ring (bicyclic) bond motifs is 1. The number of benzene rings is 1. The van der Waals surface area contributed by atoms with E-state index in [0.29, 0.717) is 23.0 Å². The first-order valence-electron chi connectivity index (χ1n) is 10.2. The summed E-state index contributed by atoms with van der Waals surface area (Å²) in [6, 6.07) is 7.29. The molecule has 0 spiro atoms. The van der Waals surface area contributed by atoms with Crippen LogP contribution in [0.15, 0.2) is 49.2 Å². The number of alkyl halides is 3. The number of rotatable bonds is 7. The second-order valence-electron chi connectivity index (χ2n) is 7.63. The summed E-state index contributed by atoms with van der Waals surface area (Å²) in [5.41, 5.74) is 1.76. The minimum atomic E-state index is -4.81. The molecule has 2 aromatic rings. The van der Waals surface area contributed by atoms with Crippen molar-refractivity contribution < 1.29 is 32.2 Å². The van der Waals surface area contributed by atoms with E-state index in [1.54, 1.807) is 6.07 Å². The first kappa shape index (κ1) is 22.4. The standard InChI is InChI=1S/C22H21F3N4O4/c1-2-32-12-18(14-5-7-15(8-6-14)33-22(23,24)25)28-21(31)29-11-19(30)26-17-10-9-16(13-3-4-13)27-20(17)29/h2,5-10,13,18H,1,3-4,11-12H2,(H,26,30)(H,28,31). The highest BCUT2D eigenvalue weighted by Gasteiger charge is 2.33. The van der Waals surface area contributed by atoms with Crippen LogP contribution >= 0.6 is 0 Å². The summed E-state index contributed by atoms with van der Waals surface area (Å²) in [5.74, 6) is -0.0663. The Morgan fingerprint density at radius 2 is 2.00 bits per heavy atom. The minimum Gasteiger partial charge on any atom is -0.499 e. The van der Waals surface area contributed by atoms with Crippen molar-refractivity contribution in [2.24, 2.45) is 0 Å². The summed E-state index contributed by atoms with van der Waals surface area (Å²) in [6.07, 6.45) is -1.57.